The van der Waals surface area contributed by atoms with Crippen LogP contribution < -0.4 is 16.7 Å². The molecular formula is C22H32N4O3. The molecule has 7 heteroatoms. The number of amides is 2. The van der Waals surface area contributed by atoms with Crippen molar-refractivity contribution in [1.82, 2.24) is 14.5 Å². The predicted octanol–water partition coefficient (Wildman–Crippen LogP) is 3.15. The fraction of sp³-hybridized carbons (Fsp3) is 0.591. The van der Waals surface area contributed by atoms with Gasteiger partial charge in [-0.3, -0.25) is 9.36 Å². The molecule has 158 valence electrons. The number of carbonyl (C=O) groups excluding carboxylic acids is 2. The quantitative estimate of drug-likeness (QED) is 0.779. The van der Waals surface area contributed by atoms with E-state index in [0.717, 1.165) is 28.5 Å². The Labute approximate surface area is 171 Å². The third-order valence-corrected chi connectivity index (χ3v) is 5.80. The van der Waals surface area contributed by atoms with Crippen molar-refractivity contribution in [1.29, 1.82) is 0 Å². The molecule has 1 aromatic carbocycles. The molecular weight excluding hydrogens is 368 g/mol. The van der Waals surface area contributed by atoms with Crippen molar-refractivity contribution < 1.29 is 9.59 Å². The molecule has 0 spiro atoms. The first-order valence-corrected chi connectivity index (χ1v) is 10.6. The number of rotatable bonds is 6. The molecule has 1 fully saturated rings. The van der Waals surface area contributed by atoms with E-state index < -0.39 is 18.0 Å². The molecule has 0 radical (unpaired) electrons. The minimum Gasteiger partial charge on any atom is -0.368 e. The van der Waals surface area contributed by atoms with Crippen LogP contribution in [0.15, 0.2) is 23.0 Å². The molecule has 3 N–H and O–H groups in total. The Morgan fingerprint density at radius 1 is 1.17 bits per heavy atom. The Balaban J connectivity index is 1.98. The highest BCUT2D eigenvalue weighted by atomic mass is 16.2. The van der Waals surface area contributed by atoms with Crippen molar-refractivity contribution in [3.8, 4) is 0 Å². The Morgan fingerprint density at radius 3 is 2.48 bits per heavy atom. The Morgan fingerprint density at radius 2 is 1.86 bits per heavy atom. The second kappa shape index (κ2) is 8.84. The zero-order chi connectivity index (χ0) is 21.1. The van der Waals surface area contributed by atoms with Gasteiger partial charge in [0.15, 0.2) is 0 Å². The van der Waals surface area contributed by atoms with Crippen molar-refractivity contribution >= 4 is 23.0 Å². The first-order chi connectivity index (χ1) is 13.8. The fourth-order valence-electron chi connectivity index (χ4n) is 4.30. The van der Waals surface area contributed by atoms with Crippen LogP contribution in [0.2, 0.25) is 0 Å². The first-order valence-electron chi connectivity index (χ1n) is 10.6. The van der Waals surface area contributed by atoms with E-state index in [-0.39, 0.29) is 11.6 Å². The molecule has 3 rings (SSSR count). The molecule has 0 aliphatic heterocycles. The van der Waals surface area contributed by atoms with E-state index in [1.165, 1.54) is 19.3 Å². The summed E-state index contributed by atoms with van der Waals surface area (Å²) in [6.45, 7) is 6.49. The normalized spacial score (nSPS) is 16.3. The summed E-state index contributed by atoms with van der Waals surface area (Å²) in [6, 6.07) is 4.22. The number of aryl methyl sites for hydroxylation is 1. The average molecular weight is 401 g/mol. The van der Waals surface area contributed by atoms with Crippen LogP contribution in [0.25, 0.3) is 11.0 Å². The number of benzene rings is 1. The number of nitrogens with two attached hydrogens (primary N) is 1. The molecule has 1 aromatic heterocycles. The maximum Gasteiger partial charge on any atom is 0.337 e. The monoisotopic (exact) mass is 400 g/mol. The molecule has 2 amide bonds. The number of fused-ring (bicyclic) bond motifs is 1. The summed E-state index contributed by atoms with van der Waals surface area (Å²) in [6.07, 6.45) is 6.26. The minimum atomic E-state index is -0.809. The minimum absolute atomic E-state index is 0.180. The lowest BCUT2D eigenvalue weighted by molar-refractivity contribution is -0.120. The highest BCUT2D eigenvalue weighted by Gasteiger charge is 2.25. The Kier molecular flexibility index (Phi) is 6.45. The molecule has 1 aliphatic carbocycles. The van der Waals surface area contributed by atoms with Gasteiger partial charge in [0, 0.05) is 6.54 Å². The molecule has 1 atom stereocenters. The van der Waals surface area contributed by atoms with E-state index >= 15 is 0 Å². The average Bonchev–Trinajstić information content (AvgIpc) is 2.93. The largest absolute Gasteiger partial charge is 0.368 e. The molecule has 7 nitrogen and oxygen atoms in total. The van der Waals surface area contributed by atoms with Crippen LogP contribution >= 0.6 is 0 Å². The van der Waals surface area contributed by atoms with Gasteiger partial charge in [0.1, 0.15) is 6.04 Å². The molecule has 29 heavy (non-hydrogen) atoms. The number of primary amides is 1. The van der Waals surface area contributed by atoms with Gasteiger partial charge in [-0.15, -0.1) is 0 Å². The summed E-state index contributed by atoms with van der Waals surface area (Å²) >= 11 is 0. The van der Waals surface area contributed by atoms with Crippen molar-refractivity contribution in [2.45, 2.75) is 71.9 Å². The lowest BCUT2D eigenvalue weighted by Gasteiger charge is -2.21. The molecule has 0 unspecified atom stereocenters. The van der Waals surface area contributed by atoms with E-state index in [1.807, 2.05) is 32.9 Å². The zero-order valence-corrected chi connectivity index (χ0v) is 17.6. The number of hydrogen-bond donors (Lipinski definition) is 2. The smallest absolute Gasteiger partial charge is 0.337 e. The maximum atomic E-state index is 13.2. The van der Waals surface area contributed by atoms with Gasteiger partial charge >= 0.3 is 11.7 Å². The maximum absolute atomic E-state index is 13.2. The van der Waals surface area contributed by atoms with Gasteiger partial charge in [-0.25, -0.2) is 14.2 Å². The zero-order valence-electron chi connectivity index (χ0n) is 17.6. The van der Waals surface area contributed by atoms with Crippen LogP contribution in [-0.4, -0.2) is 27.1 Å². The van der Waals surface area contributed by atoms with Gasteiger partial charge in [0.25, 0.3) is 0 Å². The van der Waals surface area contributed by atoms with E-state index in [0.29, 0.717) is 24.4 Å². The molecule has 0 saturated heterocycles. The summed E-state index contributed by atoms with van der Waals surface area (Å²) in [5.74, 6) is 0.0325. The standard InChI is InChI=1S/C22H32N4O3/c1-14(2)11-17(20(23)27)24-21(28)26-18-10-9-15(3)12-19(18)25(22(26)29)13-16-7-5-4-6-8-16/h9-10,12,14,16-17H,4-8,11,13H2,1-3H3,(H2,23,27)(H,24,28)/t17-/m0/s1. The van der Waals surface area contributed by atoms with Crippen molar-refractivity contribution in [2.24, 2.45) is 17.6 Å². The van der Waals surface area contributed by atoms with Crippen LogP contribution in [0.5, 0.6) is 0 Å². The molecule has 1 aliphatic rings. The van der Waals surface area contributed by atoms with Gasteiger partial charge < -0.3 is 11.1 Å². The van der Waals surface area contributed by atoms with Gasteiger partial charge in [0.05, 0.1) is 11.0 Å². The molecule has 1 heterocycles. The summed E-state index contributed by atoms with van der Waals surface area (Å²) in [4.78, 5) is 38.0. The molecule has 1 saturated carbocycles. The van der Waals surface area contributed by atoms with Gasteiger partial charge in [-0.2, -0.15) is 0 Å². The topological polar surface area (TPSA) is 99.1 Å². The van der Waals surface area contributed by atoms with Gasteiger partial charge in [0.2, 0.25) is 5.91 Å². The Bertz CT molecular complexity index is 951. The summed E-state index contributed by atoms with van der Waals surface area (Å²) in [7, 11) is 0. The third kappa shape index (κ3) is 4.71. The Hall–Kier alpha value is -2.57. The van der Waals surface area contributed by atoms with Gasteiger partial charge in [-0.05, 0) is 55.7 Å². The number of nitrogens with zero attached hydrogens (tertiary/aromatic N) is 2. The van der Waals surface area contributed by atoms with Crippen molar-refractivity contribution in [2.75, 3.05) is 0 Å². The lowest BCUT2D eigenvalue weighted by Crippen LogP contribution is -2.48. The second-order valence-electron chi connectivity index (χ2n) is 8.76. The molecule has 0 bridgehead atoms. The van der Waals surface area contributed by atoms with Crippen molar-refractivity contribution in [3.63, 3.8) is 0 Å². The fourth-order valence-corrected chi connectivity index (χ4v) is 4.30. The van der Waals surface area contributed by atoms with Crippen LogP contribution in [0.4, 0.5) is 4.79 Å². The third-order valence-electron chi connectivity index (χ3n) is 5.80. The number of nitrogens with one attached hydrogen (secondary N) is 1. The molecule has 2 aromatic rings. The SMILES string of the molecule is Cc1ccc2c(c1)n(CC1CCCCC1)c(=O)n2C(=O)N[C@@H](CC(C)C)C(N)=O. The number of aromatic nitrogens is 2. The van der Waals surface area contributed by atoms with Crippen LogP contribution in [-0.2, 0) is 11.3 Å². The predicted molar refractivity (Wildman–Crippen MR) is 114 cm³/mol. The summed E-state index contributed by atoms with van der Waals surface area (Å²) < 4.78 is 2.87. The van der Waals surface area contributed by atoms with E-state index in [1.54, 1.807) is 10.6 Å². The number of carbonyl (C=O) groups is 2. The first kappa shape index (κ1) is 21.1. The van der Waals surface area contributed by atoms with Crippen LogP contribution in [0.3, 0.4) is 0 Å². The number of hydrogen-bond acceptors (Lipinski definition) is 3. The van der Waals surface area contributed by atoms with E-state index in [9.17, 15) is 14.4 Å². The van der Waals surface area contributed by atoms with Crippen LogP contribution in [0.1, 0.15) is 57.9 Å². The highest BCUT2D eigenvalue weighted by Crippen LogP contribution is 2.26. The van der Waals surface area contributed by atoms with E-state index in [2.05, 4.69) is 5.32 Å². The van der Waals surface area contributed by atoms with Crippen molar-refractivity contribution in [3.05, 3.63) is 34.2 Å². The summed E-state index contributed by atoms with van der Waals surface area (Å²) in [5.41, 5.74) is 7.45. The summed E-state index contributed by atoms with van der Waals surface area (Å²) in [5, 5.41) is 2.66. The highest BCUT2D eigenvalue weighted by molar-refractivity contribution is 5.92. The van der Waals surface area contributed by atoms with Gasteiger partial charge in [-0.1, -0.05) is 39.2 Å². The van der Waals surface area contributed by atoms with Crippen LogP contribution in [0, 0.1) is 18.8 Å². The van der Waals surface area contributed by atoms with E-state index in [4.69, 9.17) is 5.73 Å². The second-order valence-corrected chi connectivity index (χ2v) is 8.76. The number of imidazole rings is 1. The lowest BCUT2D eigenvalue weighted by atomic mass is 9.89.